The number of aromatic nitrogens is 2. The molecule has 0 radical (unpaired) electrons. The number of fused-ring (bicyclic) bond motifs is 1. The van der Waals surface area contributed by atoms with Crippen molar-refractivity contribution in [1.29, 1.82) is 0 Å². The van der Waals surface area contributed by atoms with Crippen LogP contribution in [0.3, 0.4) is 0 Å². The quantitative estimate of drug-likeness (QED) is 0.371. The second-order valence-corrected chi connectivity index (χ2v) is 11.6. The minimum atomic E-state index is -0.434. The Labute approximate surface area is 224 Å². The van der Waals surface area contributed by atoms with Gasteiger partial charge in [-0.1, -0.05) is 6.08 Å². The van der Waals surface area contributed by atoms with Gasteiger partial charge in [-0.2, -0.15) is 0 Å². The molecule has 1 saturated heterocycles. The summed E-state index contributed by atoms with van der Waals surface area (Å²) in [4.78, 5) is 22.5. The van der Waals surface area contributed by atoms with Crippen LogP contribution in [0.1, 0.15) is 58.6 Å². The molecule has 0 spiro atoms. The topological polar surface area (TPSA) is 67.5 Å². The van der Waals surface area contributed by atoms with Crippen LogP contribution in [0.2, 0.25) is 0 Å². The number of methoxy groups -OCH3 is 1. The molecule has 3 heterocycles. The summed E-state index contributed by atoms with van der Waals surface area (Å²) in [6, 6.07) is 8.65. The number of aromatic amines is 1. The van der Waals surface area contributed by atoms with E-state index in [1.54, 1.807) is 19.4 Å². The number of benzene rings is 1. The number of allylic oxidation sites excluding steroid dienone is 2. The molecule has 1 fully saturated rings. The highest BCUT2D eigenvalue weighted by molar-refractivity contribution is 5.96. The summed E-state index contributed by atoms with van der Waals surface area (Å²) in [5, 5.41) is 0.965. The molecule has 3 aromatic rings. The van der Waals surface area contributed by atoms with Gasteiger partial charge < -0.3 is 14.5 Å². The van der Waals surface area contributed by atoms with Crippen LogP contribution in [0.4, 0.5) is 4.39 Å². The number of pyridine rings is 1. The SMILES string of the molecule is COc1ccc(F)cc1-c1ccnc2[nH]c(C3=CC[C@@H](C4CCN(CC(=O)OC(C)(C)C)CC4)CC3)cc12. The molecule has 6 nitrogen and oxygen atoms in total. The molecule has 1 aliphatic heterocycles. The number of hydrogen-bond acceptors (Lipinski definition) is 5. The summed E-state index contributed by atoms with van der Waals surface area (Å²) in [5.41, 5.74) is 4.39. The summed E-state index contributed by atoms with van der Waals surface area (Å²) in [6.45, 7) is 8.03. The molecule has 2 aromatic heterocycles. The third-order valence-electron chi connectivity index (χ3n) is 7.85. The number of nitrogens with zero attached hydrogens (tertiary/aromatic N) is 2. The lowest BCUT2D eigenvalue weighted by Crippen LogP contribution is -2.41. The molecular weight excluding hydrogens is 481 g/mol. The van der Waals surface area contributed by atoms with Crippen LogP contribution in [-0.2, 0) is 9.53 Å². The van der Waals surface area contributed by atoms with Gasteiger partial charge in [0.2, 0.25) is 0 Å². The van der Waals surface area contributed by atoms with Crippen molar-refractivity contribution < 1.29 is 18.7 Å². The van der Waals surface area contributed by atoms with Crippen molar-refractivity contribution in [2.45, 2.75) is 58.5 Å². The number of hydrogen-bond donors (Lipinski definition) is 1. The van der Waals surface area contributed by atoms with E-state index in [1.807, 2.05) is 26.8 Å². The molecule has 0 amide bonds. The van der Waals surface area contributed by atoms with Crippen LogP contribution in [0.15, 0.2) is 42.6 Å². The number of carbonyl (C=O) groups is 1. The van der Waals surface area contributed by atoms with Gasteiger partial charge in [0.05, 0.1) is 13.7 Å². The van der Waals surface area contributed by atoms with E-state index in [0.717, 1.165) is 73.0 Å². The van der Waals surface area contributed by atoms with Crippen molar-refractivity contribution in [3.63, 3.8) is 0 Å². The number of likely N-dealkylation sites (tertiary alicyclic amines) is 1. The van der Waals surface area contributed by atoms with Gasteiger partial charge in [-0.25, -0.2) is 9.37 Å². The van der Waals surface area contributed by atoms with Crippen molar-refractivity contribution in [3.8, 4) is 16.9 Å². The first kappa shape index (κ1) is 26.4. The summed E-state index contributed by atoms with van der Waals surface area (Å²) in [6.07, 6.45) is 9.65. The maximum Gasteiger partial charge on any atom is 0.320 e. The molecule has 1 aliphatic carbocycles. The zero-order valence-corrected chi connectivity index (χ0v) is 22.9. The summed E-state index contributed by atoms with van der Waals surface area (Å²) in [7, 11) is 1.60. The Morgan fingerprint density at radius 1 is 1.11 bits per heavy atom. The number of piperidine rings is 1. The van der Waals surface area contributed by atoms with Crippen LogP contribution < -0.4 is 4.74 Å². The first-order chi connectivity index (χ1) is 18.2. The first-order valence-electron chi connectivity index (χ1n) is 13.7. The molecule has 7 heteroatoms. The molecule has 0 unspecified atom stereocenters. The molecule has 1 aromatic carbocycles. The molecular formula is C31H38FN3O3. The van der Waals surface area contributed by atoms with Gasteiger partial charge in [-0.3, -0.25) is 9.69 Å². The normalized spacial score (nSPS) is 19.4. The fraction of sp³-hybridized carbons (Fsp3) is 0.484. The van der Waals surface area contributed by atoms with E-state index in [1.165, 1.54) is 17.7 Å². The fourth-order valence-corrected chi connectivity index (χ4v) is 5.99. The van der Waals surface area contributed by atoms with Gasteiger partial charge in [0.15, 0.2) is 0 Å². The van der Waals surface area contributed by atoms with Gasteiger partial charge in [-0.15, -0.1) is 0 Å². The lowest BCUT2D eigenvalue weighted by molar-refractivity contribution is -0.156. The van der Waals surface area contributed by atoms with Crippen LogP contribution in [0, 0.1) is 17.7 Å². The predicted molar refractivity (Wildman–Crippen MR) is 148 cm³/mol. The number of rotatable bonds is 6. The largest absolute Gasteiger partial charge is 0.496 e. The number of H-pyrrole nitrogens is 1. The highest BCUT2D eigenvalue weighted by atomic mass is 19.1. The lowest BCUT2D eigenvalue weighted by atomic mass is 9.76. The monoisotopic (exact) mass is 519 g/mol. The van der Waals surface area contributed by atoms with Crippen LogP contribution in [0.5, 0.6) is 5.75 Å². The van der Waals surface area contributed by atoms with Gasteiger partial charge in [0, 0.05) is 22.8 Å². The molecule has 1 N–H and O–H groups in total. The minimum absolute atomic E-state index is 0.131. The van der Waals surface area contributed by atoms with Crippen molar-refractivity contribution in [1.82, 2.24) is 14.9 Å². The average Bonchev–Trinajstić information content (AvgIpc) is 3.33. The Morgan fingerprint density at radius 3 is 2.58 bits per heavy atom. The maximum absolute atomic E-state index is 14.1. The van der Waals surface area contributed by atoms with Gasteiger partial charge in [-0.05, 0) is 119 Å². The highest BCUT2D eigenvalue weighted by Crippen LogP contribution is 2.40. The van der Waals surface area contributed by atoms with Crippen molar-refractivity contribution in [3.05, 3.63) is 54.1 Å². The second-order valence-electron chi connectivity index (χ2n) is 11.6. The third-order valence-corrected chi connectivity index (χ3v) is 7.85. The van der Waals surface area contributed by atoms with Crippen molar-refractivity contribution >= 4 is 22.6 Å². The maximum atomic E-state index is 14.1. The number of halogens is 1. The summed E-state index contributed by atoms with van der Waals surface area (Å²) in [5.74, 6) is 1.58. The van der Waals surface area contributed by atoms with Crippen LogP contribution in [0.25, 0.3) is 27.7 Å². The Kier molecular flexibility index (Phi) is 7.57. The number of esters is 1. The molecule has 2 aliphatic rings. The Hall–Kier alpha value is -3.19. The average molecular weight is 520 g/mol. The van der Waals surface area contributed by atoms with Crippen molar-refractivity contribution in [2.75, 3.05) is 26.7 Å². The molecule has 0 bridgehead atoms. The molecule has 5 rings (SSSR count). The van der Waals surface area contributed by atoms with Crippen molar-refractivity contribution in [2.24, 2.45) is 11.8 Å². The van der Waals surface area contributed by atoms with Crippen LogP contribution >= 0.6 is 0 Å². The number of carbonyl (C=O) groups excluding carboxylic acids is 1. The van der Waals surface area contributed by atoms with Gasteiger partial charge in [0.1, 0.15) is 22.8 Å². The third kappa shape index (κ3) is 5.93. The Bertz CT molecular complexity index is 1330. The zero-order valence-electron chi connectivity index (χ0n) is 22.9. The highest BCUT2D eigenvalue weighted by Gasteiger charge is 2.29. The van der Waals surface area contributed by atoms with E-state index in [-0.39, 0.29) is 11.8 Å². The molecule has 202 valence electrons. The Morgan fingerprint density at radius 2 is 1.89 bits per heavy atom. The number of nitrogens with one attached hydrogen (secondary N) is 1. The van der Waals surface area contributed by atoms with E-state index in [4.69, 9.17) is 9.47 Å². The standard InChI is InChI=1S/C31H38FN3O3/c1-31(2,3)38-29(36)19-35-15-12-21(13-16-35)20-5-7-22(8-6-20)27-18-26-24(11-14-33-30(26)34-27)25-17-23(32)9-10-28(25)37-4/h7,9-11,14,17-18,20-21H,5-6,8,12-13,15-16,19H2,1-4H3,(H,33,34)/t20-/m1/s1. The van der Waals surface area contributed by atoms with Crippen LogP contribution in [-0.4, -0.2) is 53.2 Å². The fourth-order valence-electron chi connectivity index (χ4n) is 5.99. The minimum Gasteiger partial charge on any atom is -0.496 e. The van der Waals surface area contributed by atoms with E-state index in [2.05, 4.69) is 27.0 Å². The number of ether oxygens (including phenoxy) is 2. The summed E-state index contributed by atoms with van der Waals surface area (Å²) < 4.78 is 25.1. The van der Waals surface area contributed by atoms with E-state index in [9.17, 15) is 9.18 Å². The Balaban J connectivity index is 1.24. The molecule has 0 saturated carbocycles. The van der Waals surface area contributed by atoms with Gasteiger partial charge >= 0.3 is 5.97 Å². The predicted octanol–water partition coefficient (Wildman–Crippen LogP) is 6.61. The van der Waals surface area contributed by atoms with Gasteiger partial charge in [0.25, 0.3) is 0 Å². The smallest absolute Gasteiger partial charge is 0.320 e. The lowest BCUT2D eigenvalue weighted by Gasteiger charge is -2.37. The van der Waals surface area contributed by atoms with E-state index < -0.39 is 5.60 Å². The second kappa shape index (κ2) is 10.9. The van der Waals surface area contributed by atoms with E-state index >= 15 is 0 Å². The molecule has 1 atom stereocenters. The zero-order chi connectivity index (χ0) is 26.9. The first-order valence-corrected chi connectivity index (χ1v) is 13.7. The molecule has 38 heavy (non-hydrogen) atoms. The summed E-state index contributed by atoms with van der Waals surface area (Å²) >= 11 is 0. The van der Waals surface area contributed by atoms with E-state index in [0.29, 0.717) is 24.1 Å².